The molecule has 0 aliphatic rings. The predicted molar refractivity (Wildman–Crippen MR) is 97.2 cm³/mol. The number of hydrogen-bond donors (Lipinski definition) is 1. The van der Waals surface area contributed by atoms with Gasteiger partial charge in [0.2, 0.25) is 0 Å². The van der Waals surface area contributed by atoms with E-state index in [1.54, 1.807) is 7.11 Å². The van der Waals surface area contributed by atoms with Crippen LogP contribution in [0.15, 0.2) is 48.5 Å². The smallest absolute Gasteiger partial charge is 0.317 e. The summed E-state index contributed by atoms with van der Waals surface area (Å²) >= 11 is 0. The molecule has 25 heavy (non-hydrogen) atoms. The van der Waals surface area contributed by atoms with Gasteiger partial charge in [-0.25, -0.2) is 0 Å². The molecule has 0 heterocycles. The Morgan fingerprint density at radius 3 is 2.48 bits per heavy atom. The molecular weight excluding hydrogens is 318 g/mol. The molecule has 0 saturated heterocycles. The molecule has 2 rings (SSSR count). The topological polar surface area (TPSA) is 59.0 Å². The first-order chi connectivity index (χ1) is 12.0. The summed E-state index contributed by atoms with van der Waals surface area (Å²) in [6.07, 6.45) is 0.792. The highest BCUT2D eigenvalue weighted by Gasteiger charge is 2.12. The van der Waals surface area contributed by atoms with Crippen molar-refractivity contribution in [3.8, 4) is 11.5 Å². The molecule has 0 fully saturated rings. The molecule has 0 aliphatic carbocycles. The van der Waals surface area contributed by atoms with Crippen molar-refractivity contribution in [2.24, 2.45) is 0 Å². The van der Waals surface area contributed by atoms with Crippen LogP contribution >= 0.6 is 0 Å². The summed E-state index contributed by atoms with van der Waals surface area (Å²) in [5, 5.41) is 8.86. The van der Waals surface area contributed by atoms with Gasteiger partial charge in [-0.2, -0.15) is 0 Å². The maximum Gasteiger partial charge on any atom is 0.317 e. The highest BCUT2D eigenvalue weighted by molar-refractivity contribution is 5.69. The molecule has 5 heteroatoms. The molecule has 2 aromatic rings. The van der Waals surface area contributed by atoms with Gasteiger partial charge in [-0.1, -0.05) is 24.3 Å². The Labute approximate surface area is 148 Å². The van der Waals surface area contributed by atoms with E-state index in [2.05, 4.69) is 0 Å². The van der Waals surface area contributed by atoms with E-state index < -0.39 is 5.97 Å². The minimum atomic E-state index is -0.810. The summed E-state index contributed by atoms with van der Waals surface area (Å²) < 4.78 is 11.0. The zero-order valence-corrected chi connectivity index (χ0v) is 14.9. The Kier molecular flexibility index (Phi) is 6.83. The maximum absolute atomic E-state index is 10.8. The molecule has 134 valence electrons. The van der Waals surface area contributed by atoms with Gasteiger partial charge in [0.15, 0.2) is 0 Å². The van der Waals surface area contributed by atoms with Gasteiger partial charge in [0.05, 0.1) is 13.7 Å². The first-order valence-corrected chi connectivity index (χ1v) is 8.24. The monoisotopic (exact) mass is 343 g/mol. The molecule has 1 atom stereocenters. The van der Waals surface area contributed by atoms with Gasteiger partial charge in [0, 0.05) is 6.04 Å². The summed E-state index contributed by atoms with van der Waals surface area (Å²) in [6, 6.07) is 15.9. The van der Waals surface area contributed by atoms with Crippen LogP contribution in [0.5, 0.6) is 11.5 Å². The zero-order valence-electron chi connectivity index (χ0n) is 14.9. The number of methoxy groups -OCH3 is 1. The van der Waals surface area contributed by atoms with Crippen LogP contribution < -0.4 is 9.47 Å². The lowest BCUT2D eigenvalue weighted by Crippen LogP contribution is -2.35. The lowest BCUT2D eigenvalue weighted by molar-refractivity contribution is -0.138. The van der Waals surface area contributed by atoms with Crippen LogP contribution in [0.3, 0.4) is 0 Å². The quantitative estimate of drug-likeness (QED) is 0.757. The molecule has 0 radical (unpaired) electrons. The molecule has 0 spiro atoms. The average molecular weight is 343 g/mol. The Balaban J connectivity index is 1.87. The first-order valence-electron chi connectivity index (χ1n) is 8.24. The van der Waals surface area contributed by atoms with Crippen molar-refractivity contribution in [1.29, 1.82) is 0 Å². The SMILES string of the molecule is COc1cccc(COc2ccc(C[C@@H](C)N(C)CC(=O)O)cc2)c1. The highest BCUT2D eigenvalue weighted by Crippen LogP contribution is 2.18. The zero-order chi connectivity index (χ0) is 18.2. The van der Waals surface area contributed by atoms with Crippen molar-refractivity contribution in [1.82, 2.24) is 4.90 Å². The number of likely N-dealkylation sites (N-methyl/N-ethyl adjacent to an activating group) is 1. The van der Waals surface area contributed by atoms with Crippen LogP contribution in [-0.4, -0.2) is 42.7 Å². The third-order valence-electron chi connectivity index (χ3n) is 4.13. The van der Waals surface area contributed by atoms with E-state index in [9.17, 15) is 4.79 Å². The molecular formula is C20H25NO4. The minimum Gasteiger partial charge on any atom is -0.497 e. The normalized spacial score (nSPS) is 12.0. The van der Waals surface area contributed by atoms with E-state index in [1.807, 2.05) is 67.4 Å². The predicted octanol–water partition coefficient (Wildman–Crippen LogP) is 3.22. The van der Waals surface area contributed by atoms with E-state index in [0.29, 0.717) is 6.61 Å². The number of nitrogens with zero attached hydrogens (tertiary/aromatic N) is 1. The maximum atomic E-state index is 10.8. The van der Waals surface area contributed by atoms with Gasteiger partial charge >= 0.3 is 5.97 Å². The summed E-state index contributed by atoms with van der Waals surface area (Å²) in [4.78, 5) is 12.6. The van der Waals surface area contributed by atoms with Gasteiger partial charge in [0.25, 0.3) is 0 Å². The van der Waals surface area contributed by atoms with E-state index >= 15 is 0 Å². The Morgan fingerprint density at radius 1 is 1.12 bits per heavy atom. The van der Waals surface area contributed by atoms with Crippen molar-refractivity contribution < 1.29 is 19.4 Å². The van der Waals surface area contributed by atoms with Crippen LogP contribution in [0, 0.1) is 0 Å². The molecule has 0 aliphatic heterocycles. The van der Waals surface area contributed by atoms with E-state index in [1.165, 1.54) is 0 Å². The Bertz CT molecular complexity index is 684. The molecule has 0 amide bonds. The third-order valence-corrected chi connectivity index (χ3v) is 4.13. The Morgan fingerprint density at radius 2 is 1.84 bits per heavy atom. The van der Waals surface area contributed by atoms with Crippen molar-refractivity contribution in [2.45, 2.75) is 26.0 Å². The standard InChI is InChI=1S/C20H25NO4/c1-15(21(2)13-20(22)23)11-16-7-9-18(10-8-16)25-14-17-5-4-6-19(12-17)24-3/h4-10,12,15H,11,13-14H2,1-3H3,(H,22,23)/t15-/m1/s1. The van der Waals surface area contributed by atoms with Gasteiger partial charge < -0.3 is 14.6 Å². The molecule has 0 saturated carbocycles. The van der Waals surface area contributed by atoms with Gasteiger partial charge in [0.1, 0.15) is 18.1 Å². The summed E-state index contributed by atoms with van der Waals surface area (Å²) in [5.41, 5.74) is 2.20. The van der Waals surface area contributed by atoms with E-state index in [-0.39, 0.29) is 12.6 Å². The number of carbonyl (C=O) groups is 1. The van der Waals surface area contributed by atoms with Gasteiger partial charge in [-0.3, -0.25) is 9.69 Å². The third kappa shape index (κ3) is 6.12. The van der Waals surface area contributed by atoms with E-state index in [0.717, 1.165) is 29.0 Å². The number of benzene rings is 2. The molecule has 0 aromatic heterocycles. The summed E-state index contributed by atoms with van der Waals surface area (Å²) in [6.45, 7) is 2.55. The molecule has 2 aromatic carbocycles. The fourth-order valence-electron chi connectivity index (χ4n) is 2.52. The van der Waals surface area contributed by atoms with Gasteiger partial charge in [-0.15, -0.1) is 0 Å². The fourth-order valence-corrected chi connectivity index (χ4v) is 2.52. The van der Waals surface area contributed by atoms with Crippen LogP contribution in [0.2, 0.25) is 0 Å². The van der Waals surface area contributed by atoms with Crippen molar-refractivity contribution >= 4 is 5.97 Å². The summed E-state index contributed by atoms with van der Waals surface area (Å²) in [5.74, 6) is 0.810. The van der Waals surface area contributed by atoms with E-state index in [4.69, 9.17) is 14.6 Å². The van der Waals surface area contributed by atoms with Crippen molar-refractivity contribution in [3.63, 3.8) is 0 Å². The highest BCUT2D eigenvalue weighted by atomic mass is 16.5. The molecule has 0 unspecified atom stereocenters. The average Bonchev–Trinajstić information content (AvgIpc) is 2.60. The number of ether oxygens (including phenoxy) is 2. The van der Waals surface area contributed by atoms with Crippen LogP contribution in [-0.2, 0) is 17.8 Å². The number of aliphatic carboxylic acids is 1. The first kappa shape index (κ1) is 18.8. The number of hydrogen-bond acceptors (Lipinski definition) is 4. The van der Waals surface area contributed by atoms with Crippen molar-refractivity contribution in [2.75, 3.05) is 20.7 Å². The minimum absolute atomic E-state index is 0.0445. The number of carboxylic acid groups (broad SMARTS) is 1. The molecule has 5 nitrogen and oxygen atoms in total. The van der Waals surface area contributed by atoms with Gasteiger partial charge in [-0.05, 0) is 55.8 Å². The second-order valence-corrected chi connectivity index (χ2v) is 6.15. The lowest BCUT2D eigenvalue weighted by Gasteiger charge is -2.22. The summed E-state index contributed by atoms with van der Waals surface area (Å²) in [7, 11) is 3.47. The largest absolute Gasteiger partial charge is 0.497 e. The van der Waals surface area contributed by atoms with Crippen LogP contribution in [0.4, 0.5) is 0 Å². The number of carboxylic acids is 1. The van der Waals surface area contributed by atoms with Crippen LogP contribution in [0.1, 0.15) is 18.1 Å². The lowest BCUT2D eigenvalue weighted by atomic mass is 10.1. The Hall–Kier alpha value is -2.53. The molecule has 1 N–H and O–H groups in total. The fraction of sp³-hybridized carbons (Fsp3) is 0.350. The second-order valence-electron chi connectivity index (χ2n) is 6.15. The van der Waals surface area contributed by atoms with Crippen LogP contribution in [0.25, 0.3) is 0 Å². The number of rotatable bonds is 9. The second kappa shape index (κ2) is 9.08. The molecule has 0 bridgehead atoms. The van der Waals surface area contributed by atoms with Crippen molar-refractivity contribution in [3.05, 3.63) is 59.7 Å².